The number of methoxy groups -OCH3 is 1. The maximum atomic E-state index is 11.5. The number of nitrogens with zero attached hydrogens (tertiary/aromatic N) is 1. The average Bonchev–Trinajstić information content (AvgIpc) is 3.03. The van der Waals surface area contributed by atoms with Crippen molar-refractivity contribution >= 4 is 28.0 Å². The van der Waals surface area contributed by atoms with Crippen LogP contribution in [0.5, 0.6) is 0 Å². The minimum absolute atomic E-state index is 0.265. The van der Waals surface area contributed by atoms with Crippen molar-refractivity contribution in [3.05, 3.63) is 46.8 Å². The zero-order valence-corrected chi connectivity index (χ0v) is 10.9. The number of hydrogen-bond donors (Lipinski definition) is 0. The van der Waals surface area contributed by atoms with Crippen LogP contribution >= 0.6 is 11.3 Å². The highest BCUT2D eigenvalue weighted by Gasteiger charge is 2.22. The molecule has 0 aliphatic carbocycles. The van der Waals surface area contributed by atoms with E-state index in [0.717, 1.165) is 18.0 Å². The van der Waals surface area contributed by atoms with E-state index < -0.39 is 0 Å². The number of para-hydroxylation sites is 1. The standard InChI is InChI=1S/C14H13NO2S/c1-17-14(16)12-6-7-13(18-12)15-9-8-10-4-2-3-5-11(10)15/h2-7H,8-9H2,1H3. The highest BCUT2D eigenvalue weighted by Crippen LogP contribution is 2.38. The van der Waals surface area contributed by atoms with Crippen LogP contribution in [0.2, 0.25) is 0 Å². The van der Waals surface area contributed by atoms with Gasteiger partial charge in [-0.3, -0.25) is 0 Å². The lowest BCUT2D eigenvalue weighted by Crippen LogP contribution is -2.11. The fourth-order valence-electron chi connectivity index (χ4n) is 2.25. The van der Waals surface area contributed by atoms with Gasteiger partial charge in [0.15, 0.2) is 0 Å². The number of anilines is 2. The zero-order valence-electron chi connectivity index (χ0n) is 10.1. The van der Waals surface area contributed by atoms with Gasteiger partial charge < -0.3 is 9.64 Å². The highest BCUT2D eigenvalue weighted by atomic mass is 32.1. The fraction of sp³-hybridized carbons (Fsp3) is 0.214. The summed E-state index contributed by atoms with van der Waals surface area (Å²) in [4.78, 5) is 14.4. The minimum atomic E-state index is -0.265. The van der Waals surface area contributed by atoms with Crippen molar-refractivity contribution in [2.24, 2.45) is 0 Å². The molecule has 3 rings (SSSR count). The van der Waals surface area contributed by atoms with Gasteiger partial charge in [0, 0.05) is 12.2 Å². The third kappa shape index (κ3) is 1.78. The van der Waals surface area contributed by atoms with E-state index in [1.807, 2.05) is 18.2 Å². The van der Waals surface area contributed by atoms with E-state index in [-0.39, 0.29) is 5.97 Å². The monoisotopic (exact) mass is 259 g/mol. The van der Waals surface area contributed by atoms with Crippen molar-refractivity contribution in [1.29, 1.82) is 0 Å². The van der Waals surface area contributed by atoms with Gasteiger partial charge in [-0.2, -0.15) is 0 Å². The molecule has 1 aromatic heterocycles. The first-order chi connectivity index (χ1) is 8.79. The molecule has 0 radical (unpaired) electrons. The van der Waals surface area contributed by atoms with Gasteiger partial charge in [0.2, 0.25) is 0 Å². The molecule has 0 saturated carbocycles. The van der Waals surface area contributed by atoms with Gasteiger partial charge in [0.1, 0.15) is 4.88 Å². The van der Waals surface area contributed by atoms with E-state index in [2.05, 4.69) is 23.1 Å². The highest BCUT2D eigenvalue weighted by molar-refractivity contribution is 7.18. The van der Waals surface area contributed by atoms with Crippen molar-refractivity contribution < 1.29 is 9.53 Å². The number of carbonyl (C=O) groups is 1. The van der Waals surface area contributed by atoms with Crippen LogP contribution in [0, 0.1) is 0 Å². The number of carbonyl (C=O) groups excluding carboxylic acids is 1. The van der Waals surface area contributed by atoms with Crippen molar-refractivity contribution in [1.82, 2.24) is 0 Å². The van der Waals surface area contributed by atoms with Gasteiger partial charge in [0.05, 0.1) is 12.1 Å². The third-order valence-electron chi connectivity index (χ3n) is 3.13. The predicted octanol–water partition coefficient (Wildman–Crippen LogP) is 3.23. The van der Waals surface area contributed by atoms with Gasteiger partial charge >= 0.3 is 5.97 Å². The van der Waals surface area contributed by atoms with Gasteiger partial charge in [-0.25, -0.2) is 4.79 Å². The van der Waals surface area contributed by atoms with E-state index in [0.29, 0.717) is 4.88 Å². The molecular weight excluding hydrogens is 246 g/mol. The molecule has 3 nitrogen and oxygen atoms in total. The quantitative estimate of drug-likeness (QED) is 0.775. The second-order valence-corrected chi connectivity index (χ2v) is 5.22. The lowest BCUT2D eigenvalue weighted by Gasteiger charge is -2.16. The summed E-state index contributed by atoms with van der Waals surface area (Å²) in [5.41, 5.74) is 2.61. The predicted molar refractivity (Wildman–Crippen MR) is 72.8 cm³/mol. The zero-order chi connectivity index (χ0) is 12.5. The Morgan fingerprint density at radius 2 is 2.11 bits per heavy atom. The Hall–Kier alpha value is -1.81. The van der Waals surface area contributed by atoms with Crippen LogP contribution < -0.4 is 4.90 Å². The number of benzene rings is 1. The number of ether oxygens (including phenoxy) is 1. The molecule has 0 amide bonds. The first kappa shape index (κ1) is 11.3. The Balaban J connectivity index is 1.93. The Labute approximate surface area is 110 Å². The van der Waals surface area contributed by atoms with Crippen molar-refractivity contribution in [3.63, 3.8) is 0 Å². The van der Waals surface area contributed by atoms with Gasteiger partial charge in [0.25, 0.3) is 0 Å². The van der Waals surface area contributed by atoms with Crippen LogP contribution in [0.15, 0.2) is 36.4 Å². The minimum Gasteiger partial charge on any atom is -0.465 e. The third-order valence-corrected chi connectivity index (χ3v) is 4.22. The van der Waals surface area contributed by atoms with Crippen molar-refractivity contribution in [2.45, 2.75) is 6.42 Å². The summed E-state index contributed by atoms with van der Waals surface area (Å²) in [6, 6.07) is 12.2. The molecule has 0 atom stereocenters. The van der Waals surface area contributed by atoms with Gasteiger partial charge in [-0.05, 0) is 30.2 Å². The van der Waals surface area contributed by atoms with Crippen LogP contribution in [0.4, 0.5) is 10.7 Å². The number of hydrogen-bond acceptors (Lipinski definition) is 4. The Morgan fingerprint density at radius 3 is 2.94 bits per heavy atom. The maximum Gasteiger partial charge on any atom is 0.348 e. The van der Waals surface area contributed by atoms with E-state index >= 15 is 0 Å². The molecule has 1 aromatic carbocycles. The summed E-state index contributed by atoms with van der Waals surface area (Å²) in [5.74, 6) is -0.265. The molecule has 0 fully saturated rings. The average molecular weight is 259 g/mol. The molecule has 18 heavy (non-hydrogen) atoms. The number of esters is 1. The van der Waals surface area contributed by atoms with Crippen molar-refractivity contribution in [2.75, 3.05) is 18.6 Å². The van der Waals surface area contributed by atoms with Gasteiger partial charge in [-0.15, -0.1) is 11.3 Å². The number of fused-ring (bicyclic) bond motifs is 1. The molecule has 0 saturated heterocycles. The van der Waals surface area contributed by atoms with Crippen LogP contribution in [-0.2, 0) is 11.2 Å². The Bertz CT molecular complexity index is 591. The van der Waals surface area contributed by atoms with E-state index in [4.69, 9.17) is 4.74 Å². The lowest BCUT2D eigenvalue weighted by molar-refractivity contribution is 0.0606. The molecule has 1 aliphatic rings. The van der Waals surface area contributed by atoms with E-state index in [1.165, 1.54) is 29.7 Å². The number of thiophene rings is 1. The van der Waals surface area contributed by atoms with E-state index in [1.54, 1.807) is 0 Å². The number of rotatable bonds is 2. The first-order valence-corrected chi connectivity index (χ1v) is 6.65. The molecule has 0 spiro atoms. The van der Waals surface area contributed by atoms with Crippen LogP contribution in [0.1, 0.15) is 15.2 Å². The smallest absolute Gasteiger partial charge is 0.348 e. The second-order valence-electron chi connectivity index (χ2n) is 4.16. The topological polar surface area (TPSA) is 29.5 Å². The normalized spacial score (nSPS) is 13.5. The summed E-state index contributed by atoms with van der Waals surface area (Å²) in [6.07, 6.45) is 1.06. The molecule has 0 N–H and O–H groups in total. The molecule has 92 valence electrons. The first-order valence-electron chi connectivity index (χ1n) is 5.83. The molecule has 2 aromatic rings. The largest absolute Gasteiger partial charge is 0.465 e. The molecule has 0 unspecified atom stereocenters. The van der Waals surface area contributed by atoms with E-state index in [9.17, 15) is 4.79 Å². The SMILES string of the molecule is COC(=O)c1ccc(N2CCc3ccccc32)s1. The lowest BCUT2D eigenvalue weighted by atomic mass is 10.2. The van der Waals surface area contributed by atoms with Crippen LogP contribution in [-0.4, -0.2) is 19.6 Å². The maximum absolute atomic E-state index is 11.5. The Kier molecular flexibility index (Phi) is 2.80. The summed E-state index contributed by atoms with van der Waals surface area (Å²) >= 11 is 1.48. The second kappa shape index (κ2) is 4.46. The molecular formula is C14H13NO2S. The van der Waals surface area contributed by atoms with Crippen molar-refractivity contribution in [3.8, 4) is 0 Å². The molecule has 1 aliphatic heterocycles. The summed E-state index contributed by atoms with van der Waals surface area (Å²) < 4.78 is 4.73. The molecule has 4 heteroatoms. The fourth-order valence-corrected chi connectivity index (χ4v) is 3.21. The Morgan fingerprint density at radius 1 is 1.28 bits per heavy atom. The van der Waals surface area contributed by atoms with Crippen LogP contribution in [0.25, 0.3) is 0 Å². The summed E-state index contributed by atoms with van der Waals surface area (Å²) in [5, 5.41) is 1.10. The summed E-state index contributed by atoms with van der Waals surface area (Å²) in [7, 11) is 1.41. The van der Waals surface area contributed by atoms with Crippen LogP contribution in [0.3, 0.4) is 0 Å². The molecule has 2 heterocycles. The summed E-state index contributed by atoms with van der Waals surface area (Å²) in [6.45, 7) is 0.973. The molecule has 0 bridgehead atoms. The van der Waals surface area contributed by atoms with Gasteiger partial charge in [-0.1, -0.05) is 18.2 Å².